The van der Waals surface area contributed by atoms with E-state index in [4.69, 9.17) is 18.7 Å². The van der Waals surface area contributed by atoms with Gasteiger partial charge in [-0.05, 0) is 67.8 Å². The van der Waals surface area contributed by atoms with Crippen LogP contribution in [0, 0.1) is 32.1 Å². The van der Waals surface area contributed by atoms with Crippen LogP contribution in [-0.2, 0) is 4.79 Å². The predicted octanol–water partition coefficient (Wildman–Crippen LogP) is 4.61. The molecular formula is C25H25N3O5. The number of aryl methyl sites for hydroxylation is 3. The molecule has 33 heavy (non-hydrogen) atoms. The molecule has 0 spiro atoms. The van der Waals surface area contributed by atoms with E-state index in [0.29, 0.717) is 36.0 Å². The molecule has 1 aromatic heterocycles. The number of aromatic nitrogens is 1. The minimum absolute atomic E-state index is 0.0896. The quantitative estimate of drug-likeness (QED) is 0.290. The molecule has 0 aliphatic carbocycles. The van der Waals surface area contributed by atoms with Gasteiger partial charge in [0.05, 0.1) is 7.11 Å². The molecule has 0 atom stereocenters. The minimum atomic E-state index is -0.589. The van der Waals surface area contributed by atoms with Gasteiger partial charge in [-0.2, -0.15) is 5.26 Å². The van der Waals surface area contributed by atoms with E-state index >= 15 is 0 Å². The Kier molecular flexibility index (Phi) is 7.71. The first kappa shape index (κ1) is 23.4. The molecule has 1 amide bonds. The van der Waals surface area contributed by atoms with Gasteiger partial charge in [0, 0.05) is 6.07 Å². The molecule has 8 heteroatoms. The third-order valence-electron chi connectivity index (χ3n) is 4.54. The molecule has 1 heterocycles. The molecule has 0 saturated carbocycles. The van der Waals surface area contributed by atoms with Crippen LogP contribution in [0.2, 0.25) is 0 Å². The first-order valence-electron chi connectivity index (χ1n) is 10.3. The largest absolute Gasteiger partial charge is 0.493 e. The summed E-state index contributed by atoms with van der Waals surface area (Å²) in [6, 6.07) is 14.6. The number of anilines is 1. The monoisotopic (exact) mass is 447 g/mol. The van der Waals surface area contributed by atoms with Gasteiger partial charge >= 0.3 is 0 Å². The van der Waals surface area contributed by atoms with Crippen LogP contribution in [0.5, 0.6) is 17.2 Å². The Bertz CT molecular complexity index is 1190. The van der Waals surface area contributed by atoms with Gasteiger partial charge in [0.15, 0.2) is 17.3 Å². The van der Waals surface area contributed by atoms with Crippen LogP contribution in [-0.4, -0.2) is 31.4 Å². The highest BCUT2D eigenvalue weighted by atomic mass is 16.5. The minimum Gasteiger partial charge on any atom is -0.493 e. The second-order valence-corrected chi connectivity index (χ2v) is 7.38. The van der Waals surface area contributed by atoms with Crippen molar-refractivity contribution < 1.29 is 23.5 Å². The van der Waals surface area contributed by atoms with Crippen molar-refractivity contribution in [3.63, 3.8) is 0 Å². The summed E-state index contributed by atoms with van der Waals surface area (Å²) in [5, 5.41) is 15.6. The van der Waals surface area contributed by atoms with Gasteiger partial charge in [-0.3, -0.25) is 4.79 Å². The Morgan fingerprint density at radius 3 is 2.42 bits per heavy atom. The number of methoxy groups -OCH3 is 1. The fraction of sp³-hybridized carbons (Fsp3) is 0.240. The van der Waals surface area contributed by atoms with E-state index in [1.807, 2.05) is 32.0 Å². The van der Waals surface area contributed by atoms with Gasteiger partial charge in [-0.15, -0.1) is 0 Å². The Labute approximate surface area is 192 Å². The number of hydrogen-bond donors (Lipinski definition) is 1. The van der Waals surface area contributed by atoms with Gasteiger partial charge < -0.3 is 24.1 Å². The van der Waals surface area contributed by atoms with Crippen molar-refractivity contribution in [2.45, 2.75) is 20.8 Å². The number of nitriles is 1. The highest BCUT2D eigenvalue weighted by molar-refractivity contribution is 6.09. The molecule has 3 rings (SSSR count). The van der Waals surface area contributed by atoms with Crippen molar-refractivity contribution >= 4 is 17.8 Å². The van der Waals surface area contributed by atoms with E-state index in [0.717, 1.165) is 16.9 Å². The summed E-state index contributed by atoms with van der Waals surface area (Å²) in [4.78, 5) is 12.4. The van der Waals surface area contributed by atoms with Crippen LogP contribution in [0.3, 0.4) is 0 Å². The molecule has 0 fully saturated rings. The van der Waals surface area contributed by atoms with Crippen molar-refractivity contribution in [3.05, 3.63) is 70.5 Å². The van der Waals surface area contributed by atoms with E-state index < -0.39 is 5.91 Å². The first-order chi connectivity index (χ1) is 15.9. The molecule has 8 nitrogen and oxygen atoms in total. The average Bonchev–Trinajstić information content (AvgIpc) is 3.19. The lowest BCUT2D eigenvalue weighted by molar-refractivity contribution is -0.112. The van der Waals surface area contributed by atoms with Gasteiger partial charge in [-0.1, -0.05) is 17.3 Å². The highest BCUT2D eigenvalue weighted by Crippen LogP contribution is 2.29. The topological polar surface area (TPSA) is 107 Å². The molecule has 0 unspecified atom stereocenters. The predicted molar refractivity (Wildman–Crippen MR) is 123 cm³/mol. The normalized spacial score (nSPS) is 10.9. The zero-order valence-corrected chi connectivity index (χ0v) is 19.0. The smallest absolute Gasteiger partial charge is 0.267 e. The molecule has 2 aromatic carbocycles. The van der Waals surface area contributed by atoms with Crippen molar-refractivity contribution in [3.8, 4) is 23.3 Å². The Balaban J connectivity index is 1.63. The lowest BCUT2D eigenvalue weighted by Gasteiger charge is -2.13. The van der Waals surface area contributed by atoms with Gasteiger partial charge in [0.2, 0.25) is 0 Å². The number of nitrogens with zero attached hydrogens (tertiary/aromatic N) is 2. The summed E-state index contributed by atoms with van der Waals surface area (Å²) >= 11 is 0. The van der Waals surface area contributed by atoms with Crippen LogP contribution in [0.25, 0.3) is 6.08 Å². The number of carbonyl (C=O) groups excluding carboxylic acids is 1. The van der Waals surface area contributed by atoms with Gasteiger partial charge in [0.1, 0.15) is 36.4 Å². The van der Waals surface area contributed by atoms with E-state index in [9.17, 15) is 10.1 Å². The van der Waals surface area contributed by atoms with Crippen molar-refractivity contribution in [1.29, 1.82) is 5.26 Å². The van der Waals surface area contributed by atoms with Crippen molar-refractivity contribution in [2.24, 2.45) is 0 Å². The number of hydrogen-bond acceptors (Lipinski definition) is 7. The van der Waals surface area contributed by atoms with Crippen LogP contribution in [0.15, 0.2) is 52.6 Å². The Hall–Kier alpha value is -4.25. The zero-order chi connectivity index (χ0) is 23.8. The van der Waals surface area contributed by atoms with E-state index in [-0.39, 0.29) is 11.4 Å². The van der Waals surface area contributed by atoms with Crippen LogP contribution < -0.4 is 19.5 Å². The second kappa shape index (κ2) is 10.9. The highest BCUT2D eigenvalue weighted by Gasteiger charge is 2.13. The maximum atomic E-state index is 12.4. The third kappa shape index (κ3) is 6.61. The zero-order valence-electron chi connectivity index (χ0n) is 19.0. The lowest BCUT2D eigenvalue weighted by atomic mass is 10.1. The number of benzene rings is 2. The molecule has 0 aliphatic heterocycles. The maximum absolute atomic E-state index is 12.4. The molecule has 170 valence electrons. The molecule has 0 saturated heterocycles. The first-order valence-corrected chi connectivity index (χ1v) is 10.3. The summed E-state index contributed by atoms with van der Waals surface area (Å²) in [5.74, 6) is 2.00. The molecule has 0 radical (unpaired) electrons. The summed E-state index contributed by atoms with van der Waals surface area (Å²) in [6.45, 7) is 6.44. The molecule has 3 aromatic rings. The molecule has 1 N–H and O–H groups in total. The number of nitrogens with one attached hydrogen (secondary N) is 1. The number of carbonyl (C=O) groups is 1. The fourth-order valence-electron chi connectivity index (χ4n) is 3.14. The summed E-state index contributed by atoms with van der Waals surface area (Å²) in [6.07, 6.45) is 1.46. The van der Waals surface area contributed by atoms with Crippen molar-refractivity contribution in [2.75, 3.05) is 25.6 Å². The molecule has 0 bridgehead atoms. The van der Waals surface area contributed by atoms with Crippen LogP contribution in [0.4, 0.5) is 5.82 Å². The third-order valence-corrected chi connectivity index (χ3v) is 4.54. The van der Waals surface area contributed by atoms with Crippen molar-refractivity contribution in [1.82, 2.24) is 5.16 Å². The summed E-state index contributed by atoms with van der Waals surface area (Å²) in [7, 11) is 1.52. The number of amides is 1. The van der Waals surface area contributed by atoms with Crippen LogP contribution >= 0.6 is 0 Å². The van der Waals surface area contributed by atoms with E-state index in [1.54, 1.807) is 31.2 Å². The maximum Gasteiger partial charge on any atom is 0.267 e. The summed E-state index contributed by atoms with van der Waals surface area (Å²) < 4.78 is 21.9. The fourth-order valence-corrected chi connectivity index (χ4v) is 3.14. The van der Waals surface area contributed by atoms with Gasteiger partial charge in [0.25, 0.3) is 5.91 Å². The number of ether oxygens (including phenoxy) is 3. The SMILES string of the molecule is COc1cc(/C=C(/C#N)C(=O)Nc2cc(C)on2)ccc1OCCOc1cc(C)cc(C)c1. The molecular weight excluding hydrogens is 422 g/mol. The van der Waals surface area contributed by atoms with E-state index in [1.165, 1.54) is 13.2 Å². The van der Waals surface area contributed by atoms with Crippen LogP contribution in [0.1, 0.15) is 22.5 Å². The second-order valence-electron chi connectivity index (χ2n) is 7.38. The Morgan fingerprint density at radius 2 is 1.79 bits per heavy atom. The average molecular weight is 447 g/mol. The molecule has 0 aliphatic rings. The summed E-state index contributed by atoms with van der Waals surface area (Å²) in [5.41, 5.74) is 2.79. The standard InChI is InChI=1S/C25H25N3O5/c1-16-9-17(2)11-21(10-16)31-7-8-32-22-6-5-19(14-23(22)30-4)13-20(15-26)25(29)27-24-12-18(3)33-28-24/h5-6,9-14H,7-8H2,1-4H3,(H,27,28,29)/b20-13-. The number of rotatable bonds is 9. The lowest BCUT2D eigenvalue weighted by Crippen LogP contribution is -2.13. The van der Waals surface area contributed by atoms with E-state index in [2.05, 4.69) is 16.5 Å². The van der Waals surface area contributed by atoms with Gasteiger partial charge in [-0.25, -0.2) is 0 Å². The Morgan fingerprint density at radius 1 is 1.06 bits per heavy atom.